The molecule has 1 aliphatic rings. The average molecular weight is 357 g/mol. The van der Waals surface area contributed by atoms with Crippen molar-refractivity contribution in [3.8, 4) is 0 Å². The van der Waals surface area contributed by atoms with Crippen LogP contribution in [0.3, 0.4) is 0 Å². The van der Waals surface area contributed by atoms with E-state index in [2.05, 4.69) is 30.1 Å². The van der Waals surface area contributed by atoms with Crippen molar-refractivity contribution in [3.63, 3.8) is 0 Å². The third-order valence-corrected chi connectivity index (χ3v) is 7.03. The zero-order valence-electron chi connectivity index (χ0n) is 14.1. The molecule has 124 valence electrons. The van der Waals surface area contributed by atoms with Crippen LogP contribution in [-0.4, -0.2) is 9.97 Å². The molecule has 1 aromatic carbocycles. The number of benzene rings is 1. The molecule has 0 bridgehead atoms. The molecule has 3 aromatic rings. The minimum absolute atomic E-state index is 0.0155. The first-order chi connectivity index (χ1) is 11.5. The van der Waals surface area contributed by atoms with Crippen LogP contribution < -0.4 is 5.56 Å². The summed E-state index contributed by atoms with van der Waals surface area (Å²) in [5.74, 6) is 0.763. The number of aromatic amines is 1. The number of H-pyrrole nitrogens is 1. The van der Waals surface area contributed by atoms with Crippen molar-refractivity contribution < 1.29 is 0 Å². The number of thioether (sulfide) groups is 1. The monoisotopic (exact) mass is 356 g/mol. The van der Waals surface area contributed by atoms with E-state index < -0.39 is 0 Å². The quantitative estimate of drug-likeness (QED) is 0.676. The van der Waals surface area contributed by atoms with Crippen molar-refractivity contribution in [3.05, 3.63) is 55.9 Å². The van der Waals surface area contributed by atoms with Crippen LogP contribution in [0.5, 0.6) is 0 Å². The summed E-state index contributed by atoms with van der Waals surface area (Å²) in [6, 6.07) is 6.75. The highest BCUT2D eigenvalue weighted by atomic mass is 32.2. The fourth-order valence-corrected chi connectivity index (χ4v) is 5.37. The van der Waals surface area contributed by atoms with Gasteiger partial charge in [0, 0.05) is 9.77 Å². The van der Waals surface area contributed by atoms with E-state index in [4.69, 9.17) is 4.98 Å². The van der Waals surface area contributed by atoms with E-state index in [0.29, 0.717) is 0 Å². The maximum atomic E-state index is 12.4. The average Bonchev–Trinajstić information content (AvgIpc) is 3.12. The van der Waals surface area contributed by atoms with Crippen molar-refractivity contribution in [2.45, 2.75) is 50.2 Å². The molecule has 1 N–H and O–H groups in total. The lowest BCUT2D eigenvalue weighted by molar-refractivity contribution is 0.911. The van der Waals surface area contributed by atoms with Gasteiger partial charge in [-0.1, -0.05) is 6.07 Å². The Hall–Kier alpha value is -1.59. The summed E-state index contributed by atoms with van der Waals surface area (Å²) in [5.41, 5.74) is 4.01. The largest absolute Gasteiger partial charge is 0.309 e. The van der Waals surface area contributed by atoms with Gasteiger partial charge in [-0.3, -0.25) is 4.79 Å². The van der Waals surface area contributed by atoms with Crippen LogP contribution >= 0.6 is 23.1 Å². The molecule has 0 amide bonds. The normalized spacial score (nSPS) is 15.0. The molecule has 2 aromatic heterocycles. The first kappa shape index (κ1) is 15.9. The molecule has 24 heavy (non-hydrogen) atoms. The van der Waals surface area contributed by atoms with Crippen LogP contribution in [0.25, 0.3) is 10.2 Å². The van der Waals surface area contributed by atoms with E-state index in [9.17, 15) is 4.79 Å². The number of rotatable bonds is 3. The van der Waals surface area contributed by atoms with Crippen LogP contribution in [-0.2, 0) is 12.8 Å². The SMILES string of the molecule is Cc1sc2nc([C@@H](C)Sc3ccc4c(c3)CCC4)[nH]c(=O)c2c1C. The summed E-state index contributed by atoms with van der Waals surface area (Å²) in [4.78, 5) is 23.4. The van der Waals surface area contributed by atoms with Gasteiger partial charge >= 0.3 is 0 Å². The van der Waals surface area contributed by atoms with Crippen LogP contribution in [0, 0.1) is 13.8 Å². The summed E-state index contributed by atoms with van der Waals surface area (Å²) in [5, 5.41) is 0.861. The Balaban J connectivity index is 1.66. The number of nitrogens with one attached hydrogen (secondary N) is 1. The maximum Gasteiger partial charge on any atom is 0.259 e. The van der Waals surface area contributed by atoms with Gasteiger partial charge in [0.2, 0.25) is 0 Å². The Kier molecular flexibility index (Phi) is 4.01. The minimum atomic E-state index is -0.0155. The molecule has 1 atom stereocenters. The Morgan fingerprint density at radius 3 is 2.88 bits per heavy atom. The number of aromatic nitrogens is 2. The molecule has 0 radical (unpaired) electrons. The number of hydrogen-bond donors (Lipinski definition) is 1. The summed E-state index contributed by atoms with van der Waals surface area (Å²) in [7, 11) is 0. The van der Waals surface area contributed by atoms with Gasteiger partial charge in [-0.2, -0.15) is 0 Å². The fraction of sp³-hybridized carbons (Fsp3) is 0.368. The molecule has 0 aliphatic heterocycles. The van der Waals surface area contributed by atoms with Gasteiger partial charge in [-0.15, -0.1) is 23.1 Å². The van der Waals surface area contributed by atoms with E-state index in [1.165, 1.54) is 40.2 Å². The van der Waals surface area contributed by atoms with Crippen molar-refractivity contribution >= 4 is 33.3 Å². The maximum absolute atomic E-state index is 12.4. The second kappa shape index (κ2) is 6.05. The molecule has 1 aliphatic carbocycles. The number of aryl methyl sites for hydroxylation is 4. The Labute approximate surface area is 149 Å². The molecule has 0 saturated heterocycles. The van der Waals surface area contributed by atoms with Gasteiger partial charge < -0.3 is 4.98 Å². The smallest absolute Gasteiger partial charge is 0.259 e. The highest BCUT2D eigenvalue weighted by molar-refractivity contribution is 7.99. The molecule has 0 saturated carbocycles. The van der Waals surface area contributed by atoms with Gasteiger partial charge in [-0.05, 0) is 68.9 Å². The molecule has 0 unspecified atom stereocenters. The lowest BCUT2D eigenvalue weighted by atomic mass is 10.1. The third-order valence-electron chi connectivity index (χ3n) is 4.83. The summed E-state index contributed by atoms with van der Waals surface area (Å²) < 4.78 is 0. The first-order valence-corrected chi connectivity index (χ1v) is 10.0. The zero-order valence-corrected chi connectivity index (χ0v) is 15.7. The summed E-state index contributed by atoms with van der Waals surface area (Å²) in [6.45, 7) is 6.15. The van der Waals surface area contributed by atoms with Gasteiger partial charge in [-0.25, -0.2) is 4.98 Å². The fourth-order valence-electron chi connectivity index (χ4n) is 3.35. The van der Waals surface area contributed by atoms with Gasteiger partial charge in [0.15, 0.2) is 0 Å². The number of hydrogen-bond acceptors (Lipinski definition) is 4. The molecule has 2 heterocycles. The summed E-state index contributed by atoms with van der Waals surface area (Å²) in [6.07, 6.45) is 3.66. The lowest BCUT2D eigenvalue weighted by Crippen LogP contribution is -2.12. The molecular formula is C19H20N2OS2. The number of nitrogens with zero attached hydrogens (tertiary/aromatic N) is 1. The van der Waals surface area contributed by atoms with Gasteiger partial charge in [0.25, 0.3) is 5.56 Å². The van der Waals surface area contributed by atoms with Crippen LogP contribution in [0.15, 0.2) is 27.9 Å². The van der Waals surface area contributed by atoms with Gasteiger partial charge in [0.1, 0.15) is 10.7 Å². The van der Waals surface area contributed by atoms with Crippen molar-refractivity contribution in [1.82, 2.24) is 9.97 Å². The third kappa shape index (κ3) is 2.70. The lowest BCUT2D eigenvalue weighted by Gasteiger charge is -2.11. The first-order valence-electron chi connectivity index (χ1n) is 8.31. The van der Waals surface area contributed by atoms with Crippen molar-refractivity contribution in [2.24, 2.45) is 0 Å². The Morgan fingerprint density at radius 2 is 2.04 bits per heavy atom. The zero-order chi connectivity index (χ0) is 16.8. The second-order valence-electron chi connectivity index (χ2n) is 6.46. The van der Waals surface area contributed by atoms with Crippen molar-refractivity contribution in [2.75, 3.05) is 0 Å². The van der Waals surface area contributed by atoms with Crippen LogP contribution in [0.2, 0.25) is 0 Å². The predicted molar refractivity (Wildman–Crippen MR) is 102 cm³/mol. The number of fused-ring (bicyclic) bond motifs is 2. The van der Waals surface area contributed by atoms with Crippen LogP contribution in [0.1, 0.15) is 46.0 Å². The second-order valence-corrected chi connectivity index (χ2v) is 9.08. The molecule has 5 heteroatoms. The van der Waals surface area contributed by atoms with E-state index in [0.717, 1.165) is 21.6 Å². The Bertz CT molecular complexity index is 987. The molecule has 3 nitrogen and oxygen atoms in total. The highest BCUT2D eigenvalue weighted by Gasteiger charge is 2.17. The summed E-state index contributed by atoms with van der Waals surface area (Å²) >= 11 is 3.37. The van der Waals surface area contributed by atoms with Gasteiger partial charge in [0.05, 0.1) is 10.6 Å². The van der Waals surface area contributed by atoms with Crippen LogP contribution in [0.4, 0.5) is 0 Å². The molecule has 0 spiro atoms. The van der Waals surface area contributed by atoms with E-state index >= 15 is 0 Å². The van der Waals surface area contributed by atoms with E-state index in [1.54, 1.807) is 23.1 Å². The molecule has 0 fully saturated rings. The highest BCUT2D eigenvalue weighted by Crippen LogP contribution is 2.36. The standard InChI is InChI=1S/C19H20N2OS2/c1-10-11(2)24-19-16(10)18(22)20-17(21-19)12(3)23-15-8-7-13-5-4-6-14(13)9-15/h7-9,12H,4-6H2,1-3H3,(H,20,21,22)/t12-/m1/s1. The van der Waals surface area contributed by atoms with E-state index in [1.807, 2.05) is 13.8 Å². The molecule has 4 rings (SSSR count). The Morgan fingerprint density at radius 1 is 1.25 bits per heavy atom. The minimum Gasteiger partial charge on any atom is -0.309 e. The predicted octanol–water partition coefficient (Wildman–Crippen LogP) is 4.94. The number of thiophene rings is 1. The molecular weight excluding hydrogens is 336 g/mol. The van der Waals surface area contributed by atoms with E-state index in [-0.39, 0.29) is 10.8 Å². The van der Waals surface area contributed by atoms with Crippen molar-refractivity contribution in [1.29, 1.82) is 0 Å². The topological polar surface area (TPSA) is 45.8 Å².